The molecule has 0 atom stereocenters. The molecule has 6 heteroatoms. The van der Waals surface area contributed by atoms with Crippen molar-refractivity contribution in [2.24, 2.45) is 0 Å². The van der Waals surface area contributed by atoms with E-state index in [2.05, 4.69) is 20.5 Å². The predicted octanol–water partition coefficient (Wildman–Crippen LogP) is 4.04. The fourth-order valence-corrected chi connectivity index (χ4v) is 4.25. The lowest BCUT2D eigenvalue weighted by atomic mass is 9.90. The van der Waals surface area contributed by atoms with E-state index < -0.39 is 0 Å². The molecule has 2 aromatic heterocycles. The van der Waals surface area contributed by atoms with Crippen LogP contribution in [0.15, 0.2) is 65.6 Å². The number of pyridine rings is 1. The highest BCUT2D eigenvalue weighted by molar-refractivity contribution is 6.05. The molecule has 0 saturated carbocycles. The van der Waals surface area contributed by atoms with Gasteiger partial charge in [-0.1, -0.05) is 18.2 Å². The van der Waals surface area contributed by atoms with Crippen molar-refractivity contribution < 1.29 is 4.79 Å². The van der Waals surface area contributed by atoms with E-state index in [1.807, 2.05) is 48.5 Å². The van der Waals surface area contributed by atoms with E-state index in [9.17, 15) is 9.59 Å². The summed E-state index contributed by atoms with van der Waals surface area (Å²) in [6.45, 7) is 0. The van der Waals surface area contributed by atoms with Crippen molar-refractivity contribution in [3.05, 3.63) is 99.1 Å². The summed E-state index contributed by atoms with van der Waals surface area (Å²) >= 11 is 0. The molecule has 6 nitrogen and oxygen atoms in total. The van der Waals surface area contributed by atoms with E-state index in [1.165, 1.54) is 0 Å². The molecule has 154 valence electrons. The van der Waals surface area contributed by atoms with Crippen LogP contribution in [0.4, 0.5) is 5.69 Å². The average molecular weight is 410 g/mol. The van der Waals surface area contributed by atoms with Crippen LogP contribution in [0.25, 0.3) is 10.9 Å². The third kappa shape index (κ3) is 3.97. The minimum Gasteiger partial charge on any atom is -0.322 e. The van der Waals surface area contributed by atoms with Crippen LogP contribution in [-0.4, -0.2) is 21.1 Å². The second-order valence-electron chi connectivity index (χ2n) is 7.91. The van der Waals surface area contributed by atoms with E-state index in [1.54, 1.807) is 12.3 Å². The summed E-state index contributed by atoms with van der Waals surface area (Å²) < 4.78 is 0. The van der Waals surface area contributed by atoms with Crippen molar-refractivity contribution >= 4 is 22.5 Å². The van der Waals surface area contributed by atoms with Crippen LogP contribution in [-0.2, 0) is 19.3 Å². The van der Waals surface area contributed by atoms with Gasteiger partial charge in [-0.05, 0) is 73.2 Å². The Kier molecular flexibility index (Phi) is 5.04. The molecule has 5 rings (SSSR count). The number of carbonyl (C=O) groups excluding carboxylic acids is 1. The zero-order chi connectivity index (χ0) is 21.2. The topological polar surface area (TPSA) is 87.7 Å². The van der Waals surface area contributed by atoms with Gasteiger partial charge < -0.3 is 5.32 Å². The fraction of sp³-hybridized carbons (Fsp3) is 0.200. The number of aromatic amines is 1. The Balaban J connectivity index is 1.37. The van der Waals surface area contributed by atoms with Crippen LogP contribution in [0.1, 0.15) is 45.6 Å². The number of hydrogen-bond donors (Lipinski definition) is 2. The van der Waals surface area contributed by atoms with Crippen LogP contribution < -0.4 is 10.9 Å². The maximum Gasteiger partial charge on any atom is 0.267 e. The predicted molar refractivity (Wildman–Crippen MR) is 120 cm³/mol. The molecular formula is C25H22N4O2. The Morgan fingerprint density at radius 1 is 1.00 bits per heavy atom. The molecule has 2 heterocycles. The molecule has 31 heavy (non-hydrogen) atoms. The van der Waals surface area contributed by atoms with Gasteiger partial charge in [0.05, 0.1) is 11.2 Å². The number of rotatable bonds is 4. The van der Waals surface area contributed by atoms with Crippen molar-refractivity contribution in [3.8, 4) is 0 Å². The highest BCUT2D eigenvalue weighted by Gasteiger charge is 2.18. The lowest BCUT2D eigenvalue weighted by Crippen LogP contribution is -2.23. The average Bonchev–Trinajstić information content (AvgIpc) is 2.81. The SMILES string of the molecule is O=C(Nc1ccc2ncccc2c1)c1cccc(Cc2n[nH]c(=O)c3c2CCCC3)c1. The van der Waals surface area contributed by atoms with Gasteiger partial charge >= 0.3 is 0 Å². The van der Waals surface area contributed by atoms with E-state index in [-0.39, 0.29) is 11.5 Å². The second kappa shape index (κ2) is 8.14. The lowest BCUT2D eigenvalue weighted by molar-refractivity contribution is 0.102. The number of benzene rings is 2. The Morgan fingerprint density at radius 3 is 2.77 bits per heavy atom. The van der Waals surface area contributed by atoms with Crippen molar-refractivity contribution in [3.63, 3.8) is 0 Å². The number of carbonyl (C=O) groups is 1. The first-order valence-corrected chi connectivity index (χ1v) is 10.5. The van der Waals surface area contributed by atoms with E-state index in [0.717, 1.165) is 64.7 Å². The van der Waals surface area contributed by atoms with E-state index in [4.69, 9.17) is 0 Å². The summed E-state index contributed by atoms with van der Waals surface area (Å²) in [7, 11) is 0. The molecule has 2 aromatic carbocycles. The third-order valence-electron chi connectivity index (χ3n) is 5.80. The molecule has 1 amide bonds. The highest BCUT2D eigenvalue weighted by atomic mass is 16.1. The molecule has 0 saturated heterocycles. The monoisotopic (exact) mass is 410 g/mol. The molecule has 0 fully saturated rings. The van der Waals surface area contributed by atoms with Crippen LogP contribution in [0, 0.1) is 0 Å². The molecule has 0 spiro atoms. The number of hydrogen-bond acceptors (Lipinski definition) is 4. The standard InChI is InChI=1S/C25H22N4O2/c30-24(27-19-10-11-22-17(15-19)7-4-12-26-22)18-6-3-5-16(13-18)14-23-20-8-1-2-9-21(20)25(31)29-28-23/h3-7,10-13,15H,1-2,8-9,14H2,(H,27,30)(H,29,31). The summed E-state index contributed by atoms with van der Waals surface area (Å²) in [5, 5.41) is 10.9. The van der Waals surface area contributed by atoms with Crippen LogP contribution in [0.3, 0.4) is 0 Å². The molecule has 1 aliphatic carbocycles. The van der Waals surface area contributed by atoms with E-state index >= 15 is 0 Å². The number of aromatic nitrogens is 3. The van der Waals surface area contributed by atoms with Gasteiger partial charge in [-0.25, -0.2) is 5.10 Å². The van der Waals surface area contributed by atoms with Crippen molar-refractivity contribution in [2.75, 3.05) is 5.32 Å². The van der Waals surface area contributed by atoms with Crippen molar-refractivity contribution in [2.45, 2.75) is 32.1 Å². The summed E-state index contributed by atoms with van der Waals surface area (Å²) in [6, 6.07) is 17.1. The third-order valence-corrected chi connectivity index (χ3v) is 5.80. The van der Waals surface area contributed by atoms with Gasteiger partial charge in [0.15, 0.2) is 0 Å². The number of nitrogens with one attached hydrogen (secondary N) is 2. The molecule has 4 aromatic rings. The maximum absolute atomic E-state index is 12.8. The van der Waals surface area contributed by atoms with Crippen LogP contribution in [0.5, 0.6) is 0 Å². The first-order valence-electron chi connectivity index (χ1n) is 10.5. The van der Waals surface area contributed by atoms with Crippen molar-refractivity contribution in [1.82, 2.24) is 15.2 Å². The zero-order valence-electron chi connectivity index (χ0n) is 17.0. The Bertz CT molecular complexity index is 1340. The molecule has 1 aliphatic rings. The molecular weight excluding hydrogens is 388 g/mol. The highest BCUT2D eigenvalue weighted by Crippen LogP contribution is 2.23. The zero-order valence-corrected chi connectivity index (χ0v) is 17.0. The van der Waals surface area contributed by atoms with E-state index in [0.29, 0.717) is 12.0 Å². The molecule has 2 N–H and O–H groups in total. The minimum atomic E-state index is -0.165. The molecule has 0 radical (unpaired) electrons. The van der Waals surface area contributed by atoms with Crippen LogP contribution >= 0.6 is 0 Å². The number of H-pyrrole nitrogens is 1. The van der Waals surface area contributed by atoms with Gasteiger partial charge in [-0.15, -0.1) is 0 Å². The first-order chi connectivity index (χ1) is 15.2. The Labute approximate surface area is 179 Å². The normalized spacial score (nSPS) is 13.0. The largest absolute Gasteiger partial charge is 0.322 e. The van der Waals surface area contributed by atoms with Gasteiger partial charge in [0, 0.05) is 34.8 Å². The Morgan fingerprint density at radius 2 is 1.87 bits per heavy atom. The number of fused-ring (bicyclic) bond motifs is 2. The lowest BCUT2D eigenvalue weighted by Gasteiger charge is -2.17. The van der Waals surface area contributed by atoms with Crippen molar-refractivity contribution in [1.29, 1.82) is 0 Å². The second-order valence-corrected chi connectivity index (χ2v) is 7.91. The van der Waals surface area contributed by atoms with Gasteiger partial charge in [0.2, 0.25) is 0 Å². The Hall–Kier alpha value is -3.80. The molecule has 0 aliphatic heterocycles. The van der Waals surface area contributed by atoms with Gasteiger partial charge in [-0.2, -0.15) is 5.10 Å². The quantitative estimate of drug-likeness (QED) is 0.532. The first kappa shape index (κ1) is 19.2. The van der Waals surface area contributed by atoms with Gasteiger partial charge in [0.1, 0.15) is 0 Å². The number of amides is 1. The summed E-state index contributed by atoms with van der Waals surface area (Å²) in [4.78, 5) is 29.2. The number of nitrogens with zero attached hydrogens (tertiary/aromatic N) is 2. The number of anilines is 1. The summed E-state index contributed by atoms with van der Waals surface area (Å²) in [5.41, 5.74) is 5.97. The minimum absolute atomic E-state index is 0.0721. The summed E-state index contributed by atoms with van der Waals surface area (Å²) in [6.07, 6.45) is 6.15. The van der Waals surface area contributed by atoms with Gasteiger partial charge in [-0.3, -0.25) is 14.6 Å². The molecule has 0 unspecified atom stereocenters. The van der Waals surface area contributed by atoms with Crippen LogP contribution in [0.2, 0.25) is 0 Å². The smallest absolute Gasteiger partial charge is 0.267 e. The van der Waals surface area contributed by atoms with Gasteiger partial charge in [0.25, 0.3) is 11.5 Å². The molecule has 0 bridgehead atoms. The fourth-order valence-electron chi connectivity index (χ4n) is 4.25. The maximum atomic E-state index is 12.8. The summed E-state index contributed by atoms with van der Waals surface area (Å²) in [5.74, 6) is -0.165.